The molecule has 0 aliphatic rings. The first-order chi connectivity index (χ1) is 8.04. The molecule has 0 spiro atoms. The van der Waals surface area contributed by atoms with E-state index >= 15 is 0 Å². The van der Waals surface area contributed by atoms with E-state index in [0.717, 1.165) is 6.42 Å². The van der Waals surface area contributed by atoms with Crippen LogP contribution in [0, 0.1) is 12.8 Å². The van der Waals surface area contributed by atoms with E-state index in [1.165, 1.54) is 0 Å². The van der Waals surface area contributed by atoms with E-state index in [9.17, 15) is 4.79 Å². The minimum absolute atomic E-state index is 0.171. The van der Waals surface area contributed by atoms with Crippen molar-refractivity contribution in [2.45, 2.75) is 33.2 Å². The summed E-state index contributed by atoms with van der Waals surface area (Å²) < 4.78 is 5.24. The lowest BCUT2D eigenvalue weighted by Gasteiger charge is -2.13. The Hall–Kier alpha value is -1.43. The van der Waals surface area contributed by atoms with Gasteiger partial charge in [0.1, 0.15) is 5.76 Å². The van der Waals surface area contributed by atoms with Gasteiger partial charge >= 0.3 is 0 Å². The predicted molar refractivity (Wildman–Crippen MR) is 68.3 cm³/mol. The van der Waals surface area contributed by atoms with E-state index in [2.05, 4.69) is 10.3 Å². The normalized spacial score (nSPS) is 12.1. The molecule has 1 amide bonds. The quantitative estimate of drug-likeness (QED) is 0.749. The molecule has 6 heteroatoms. The summed E-state index contributed by atoms with van der Waals surface area (Å²) in [5, 5.41) is 2.72. The molecule has 1 aromatic heterocycles. The van der Waals surface area contributed by atoms with Crippen LogP contribution in [0.3, 0.4) is 0 Å². The summed E-state index contributed by atoms with van der Waals surface area (Å²) in [4.78, 5) is 16.0. The maximum atomic E-state index is 11.8. The van der Waals surface area contributed by atoms with Crippen molar-refractivity contribution in [2.75, 3.05) is 0 Å². The van der Waals surface area contributed by atoms with Gasteiger partial charge in [-0.2, -0.15) is 0 Å². The van der Waals surface area contributed by atoms with E-state index in [1.807, 2.05) is 6.92 Å². The number of nitrogens with two attached hydrogens (primary N) is 1. The zero-order valence-corrected chi connectivity index (χ0v) is 10.8. The maximum absolute atomic E-state index is 11.8. The molecule has 0 saturated heterocycles. The molecule has 1 heterocycles. The first-order valence-corrected chi connectivity index (χ1v) is 5.93. The van der Waals surface area contributed by atoms with Crippen molar-refractivity contribution in [1.82, 2.24) is 10.3 Å². The van der Waals surface area contributed by atoms with E-state index in [4.69, 9.17) is 22.4 Å². The second kappa shape index (κ2) is 6.34. The minimum atomic E-state index is -0.411. The van der Waals surface area contributed by atoms with E-state index in [-0.39, 0.29) is 17.4 Å². The fraction of sp³-hybridized carbons (Fsp3) is 0.545. The summed E-state index contributed by atoms with van der Waals surface area (Å²) >= 11 is 4.87. The van der Waals surface area contributed by atoms with E-state index in [0.29, 0.717) is 18.1 Å². The lowest BCUT2D eigenvalue weighted by Crippen LogP contribution is -2.37. The molecule has 0 fully saturated rings. The predicted octanol–water partition coefficient (Wildman–Crippen LogP) is 1.30. The first kappa shape index (κ1) is 13.6. The Labute approximate surface area is 106 Å². The van der Waals surface area contributed by atoms with E-state index < -0.39 is 5.92 Å². The molecule has 17 heavy (non-hydrogen) atoms. The van der Waals surface area contributed by atoms with Gasteiger partial charge in [-0.05, 0) is 13.3 Å². The highest BCUT2D eigenvalue weighted by atomic mass is 32.1. The number of carbonyl (C=O) groups excluding carboxylic acids is 1. The molecule has 0 aromatic carbocycles. The van der Waals surface area contributed by atoms with Gasteiger partial charge < -0.3 is 15.5 Å². The SMILES string of the molecule is CCCC(C(=O)NCc1ncc(C)o1)C(N)=S. The molecule has 5 nitrogen and oxygen atoms in total. The zero-order valence-electron chi connectivity index (χ0n) is 10.0. The summed E-state index contributed by atoms with van der Waals surface area (Å²) in [6.45, 7) is 4.04. The second-order valence-electron chi connectivity index (χ2n) is 3.83. The highest BCUT2D eigenvalue weighted by Crippen LogP contribution is 2.08. The number of nitrogens with zero attached hydrogens (tertiary/aromatic N) is 1. The van der Waals surface area contributed by atoms with Crippen LogP contribution in [0.2, 0.25) is 0 Å². The Morgan fingerprint density at radius 1 is 1.71 bits per heavy atom. The van der Waals surface area contributed by atoms with Gasteiger partial charge in [-0.15, -0.1) is 0 Å². The molecule has 0 bridgehead atoms. The number of aromatic nitrogens is 1. The number of hydrogen-bond acceptors (Lipinski definition) is 4. The van der Waals surface area contributed by atoms with Gasteiger partial charge in [-0.1, -0.05) is 25.6 Å². The molecule has 3 N–H and O–H groups in total. The van der Waals surface area contributed by atoms with Crippen molar-refractivity contribution >= 4 is 23.1 Å². The smallest absolute Gasteiger partial charge is 0.230 e. The van der Waals surface area contributed by atoms with Gasteiger partial charge in [-0.3, -0.25) is 4.79 Å². The molecule has 0 radical (unpaired) electrons. The van der Waals surface area contributed by atoms with Gasteiger partial charge in [0.05, 0.1) is 23.6 Å². The Kier molecular flexibility index (Phi) is 5.09. The standard InChI is InChI=1S/C11H17N3O2S/c1-3-4-8(10(12)17)11(15)14-6-9-13-5-7(2)16-9/h5,8H,3-4,6H2,1-2H3,(H2,12,17)(H,14,15). The fourth-order valence-electron chi connectivity index (χ4n) is 1.46. The molecular weight excluding hydrogens is 238 g/mol. The van der Waals surface area contributed by atoms with Crippen LogP contribution in [0.4, 0.5) is 0 Å². The number of oxazole rings is 1. The summed E-state index contributed by atoms with van der Waals surface area (Å²) in [6, 6.07) is 0. The van der Waals surface area contributed by atoms with Gasteiger partial charge in [0.2, 0.25) is 11.8 Å². The molecule has 1 aromatic rings. The van der Waals surface area contributed by atoms with Crippen LogP contribution in [0.15, 0.2) is 10.6 Å². The van der Waals surface area contributed by atoms with Crippen LogP contribution in [-0.4, -0.2) is 15.9 Å². The molecular formula is C11H17N3O2S. The van der Waals surface area contributed by atoms with Crippen LogP contribution in [0.1, 0.15) is 31.4 Å². The minimum Gasteiger partial charge on any atom is -0.444 e. The van der Waals surface area contributed by atoms with Crippen LogP contribution in [0.25, 0.3) is 0 Å². The number of carbonyl (C=O) groups is 1. The summed E-state index contributed by atoms with van der Waals surface area (Å²) in [7, 11) is 0. The van der Waals surface area contributed by atoms with Gasteiger partial charge in [-0.25, -0.2) is 4.98 Å². The molecule has 1 atom stereocenters. The Morgan fingerprint density at radius 2 is 2.41 bits per heavy atom. The molecule has 1 rings (SSSR count). The average molecular weight is 255 g/mol. The molecule has 0 saturated carbocycles. The highest BCUT2D eigenvalue weighted by molar-refractivity contribution is 7.80. The van der Waals surface area contributed by atoms with Gasteiger partial charge in [0.25, 0.3) is 0 Å². The number of aryl methyl sites for hydroxylation is 1. The third-order valence-corrected chi connectivity index (χ3v) is 2.60. The number of nitrogens with one attached hydrogen (secondary N) is 1. The van der Waals surface area contributed by atoms with Crippen molar-refractivity contribution in [3.63, 3.8) is 0 Å². The Morgan fingerprint density at radius 3 is 2.88 bits per heavy atom. The lowest BCUT2D eigenvalue weighted by atomic mass is 10.0. The van der Waals surface area contributed by atoms with Crippen LogP contribution >= 0.6 is 12.2 Å². The molecule has 1 unspecified atom stereocenters. The molecule has 0 aliphatic carbocycles. The average Bonchev–Trinajstić information content (AvgIpc) is 2.68. The van der Waals surface area contributed by atoms with Crippen molar-refractivity contribution in [2.24, 2.45) is 11.7 Å². The number of thiocarbonyl (C=S) groups is 1. The first-order valence-electron chi connectivity index (χ1n) is 5.53. The number of rotatable bonds is 6. The molecule has 94 valence electrons. The summed E-state index contributed by atoms with van der Waals surface area (Å²) in [5.74, 6) is 0.615. The maximum Gasteiger partial charge on any atom is 0.230 e. The van der Waals surface area contributed by atoms with Crippen molar-refractivity contribution < 1.29 is 9.21 Å². The lowest BCUT2D eigenvalue weighted by molar-refractivity contribution is -0.123. The molecule has 0 aliphatic heterocycles. The van der Waals surface area contributed by atoms with Crippen molar-refractivity contribution in [1.29, 1.82) is 0 Å². The Balaban J connectivity index is 2.50. The Bertz CT molecular complexity index is 403. The summed E-state index contributed by atoms with van der Waals surface area (Å²) in [6.07, 6.45) is 3.12. The van der Waals surface area contributed by atoms with Gasteiger partial charge in [0, 0.05) is 0 Å². The monoisotopic (exact) mass is 255 g/mol. The van der Waals surface area contributed by atoms with Gasteiger partial charge in [0.15, 0.2) is 0 Å². The summed E-state index contributed by atoms with van der Waals surface area (Å²) in [5.41, 5.74) is 5.53. The third-order valence-electron chi connectivity index (χ3n) is 2.32. The fourth-order valence-corrected chi connectivity index (χ4v) is 1.69. The largest absolute Gasteiger partial charge is 0.444 e. The van der Waals surface area contributed by atoms with Crippen LogP contribution in [-0.2, 0) is 11.3 Å². The van der Waals surface area contributed by atoms with Crippen molar-refractivity contribution in [3.8, 4) is 0 Å². The number of hydrogen-bond donors (Lipinski definition) is 2. The number of amides is 1. The second-order valence-corrected chi connectivity index (χ2v) is 4.30. The van der Waals surface area contributed by atoms with Crippen molar-refractivity contribution in [3.05, 3.63) is 17.8 Å². The topological polar surface area (TPSA) is 81.2 Å². The highest BCUT2D eigenvalue weighted by Gasteiger charge is 2.20. The van der Waals surface area contributed by atoms with Crippen LogP contribution < -0.4 is 11.1 Å². The third kappa shape index (κ3) is 4.14. The zero-order chi connectivity index (χ0) is 12.8. The van der Waals surface area contributed by atoms with Crippen LogP contribution in [0.5, 0.6) is 0 Å². The van der Waals surface area contributed by atoms with E-state index in [1.54, 1.807) is 13.1 Å².